The first-order chi connectivity index (χ1) is 7.13. The molecule has 86 valence electrons. The molecule has 0 aromatic carbocycles. The predicted molar refractivity (Wildman–Crippen MR) is 75.9 cm³/mol. The lowest BCUT2D eigenvalue weighted by Crippen LogP contribution is -2.28. The summed E-state index contributed by atoms with van der Waals surface area (Å²) in [4.78, 5) is 3.86. The Bertz CT molecular complexity index is 288. The van der Waals surface area contributed by atoms with Crippen LogP contribution in [-0.2, 0) is 6.54 Å². The zero-order chi connectivity index (χ0) is 11.3. The summed E-state index contributed by atoms with van der Waals surface area (Å²) < 4.78 is 1.20. The molecular formula is C11H18BrNS2. The molecule has 0 aliphatic rings. The van der Waals surface area contributed by atoms with E-state index in [0.29, 0.717) is 6.04 Å². The fourth-order valence-corrected chi connectivity index (χ4v) is 3.44. The van der Waals surface area contributed by atoms with Gasteiger partial charge in [-0.2, -0.15) is 11.8 Å². The Balaban J connectivity index is 2.37. The number of hydrogen-bond acceptors (Lipinski definition) is 3. The predicted octanol–water partition coefficient (Wildman–Crippen LogP) is 4.08. The fourth-order valence-electron chi connectivity index (χ4n) is 1.35. The Morgan fingerprint density at radius 2 is 2.33 bits per heavy atom. The Kier molecular flexibility index (Phi) is 6.27. The summed E-state index contributed by atoms with van der Waals surface area (Å²) in [5.74, 6) is 1.25. The smallest absolute Gasteiger partial charge is 0.0328 e. The molecule has 0 N–H and O–H groups in total. The van der Waals surface area contributed by atoms with E-state index in [1.165, 1.54) is 21.5 Å². The normalized spacial score (nSPS) is 13.4. The molecule has 0 spiro atoms. The van der Waals surface area contributed by atoms with Gasteiger partial charge in [0, 0.05) is 27.3 Å². The minimum atomic E-state index is 0.665. The van der Waals surface area contributed by atoms with Crippen LogP contribution in [0.1, 0.15) is 18.2 Å². The first kappa shape index (κ1) is 13.6. The number of hydrogen-bond donors (Lipinski definition) is 0. The first-order valence-corrected chi connectivity index (χ1v) is 8.12. The van der Waals surface area contributed by atoms with Gasteiger partial charge in [0.25, 0.3) is 0 Å². The Labute approximate surface area is 109 Å². The second-order valence-corrected chi connectivity index (χ2v) is 6.67. The number of rotatable bonds is 6. The van der Waals surface area contributed by atoms with Crippen LogP contribution in [0.5, 0.6) is 0 Å². The lowest BCUT2D eigenvalue weighted by molar-refractivity contribution is 0.247. The van der Waals surface area contributed by atoms with Crippen LogP contribution < -0.4 is 0 Å². The van der Waals surface area contributed by atoms with Gasteiger partial charge in [0.1, 0.15) is 0 Å². The van der Waals surface area contributed by atoms with Crippen molar-refractivity contribution in [2.24, 2.45) is 0 Å². The molecule has 0 bridgehead atoms. The van der Waals surface area contributed by atoms with E-state index in [-0.39, 0.29) is 0 Å². The van der Waals surface area contributed by atoms with Gasteiger partial charge >= 0.3 is 0 Å². The molecule has 0 amide bonds. The lowest BCUT2D eigenvalue weighted by Gasteiger charge is -2.23. The van der Waals surface area contributed by atoms with Crippen molar-refractivity contribution in [3.63, 3.8) is 0 Å². The van der Waals surface area contributed by atoms with Crippen molar-refractivity contribution in [3.8, 4) is 0 Å². The van der Waals surface area contributed by atoms with Gasteiger partial charge in [0.2, 0.25) is 0 Å². The summed E-state index contributed by atoms with van der Waals surface area (Å²) in [6, 6.07) is 2.88. The molecule has 0 aliphatic heterocycles. The maximum absolute atomic E-state index is 3.49. The van der Waals surface area contributed by atoms with Gasteiger partial charge in [-0.15, -0.1) is 11.3 Å². The molecule has 0 fully saturated rings. The van der Waals surface area contributed by atoms with E-state index in [0.717, 1.165) is 6.54 Å². The minimum Gasteiger partial charge on any atom is -0.299 e. The molecule has 0 radical (unpaired) electrons. The first-order valence-electron chi connectivity index (χ1n) is 5.05. The van der Waals surface area contributed by atoms with Crippen molar-refractivity contribution >= 4 is 39.0 Å². The van der Waals surface area contributed by atoms with E-state index in [1.807, 2.05) is 23.1 Å². The Morgan fingerprint density at radius 3 is 2.87 bits per heavy atom. The van der Waals surface area contributed by atoms with Crippen LogP contribution in [0.2, 0.25) is 0 Å². The topological polar surface area (TPSA) is 3.24 Å². The molecule has 1 atom stereocenters. The van der Waals surface area contributed by atoms with E-state index in [1.54, 1.807) is 0 Å². The summed E-state index contributed by atoms with van der Waals surface area (Å²) in [7, 11) is 2.21. The quantitative estimate of drug-likeness (QED) is 0.779. The maximum atomic E-state index is 3.49. The van der Waals surface area contributed by atoms with Gasteiger partial charge in [-0.1, -0.05) is 0 Å². The van der Waals surface area contributed by atoms with E-state index in [9.17, 15) is 0 Å². The Hall–Kier alpha value is 0.490. The molecule has 1 aromatic rings. The van der Waals surface area contributed by atoms with Crippen molar-refractivity contribution < 1.29 is 0 Å². The second kappa shape index (κ2) is 6.94. The standard InChI is InChI=1S/C11H18BrNS2/c1-9(4-5-14-3)13(2)7-11-6-10(12)8-15-11/h6,8-9H,4-5,7H2,1-3H3. The van der Waals surface area contributed by atoms with Gasteiger partial charge in [-0.3, -0.25) is 4.90 Å². The zero-order valence-electron chi connectivity index (χ0n) is 9.50. The number of nitrogens with zero attached hydrogens (tertiary/aromatic N) is 1. The highest BCUT2D eigenvalue weighted by molar-refractivity contribution is 9.10. The summed E-state index contributed by atoms with van der Waals surface area (Å²) in [5, 5.41) is 2.15. The van der Waals surface area contributed by atoms with Gasteiger partial charge in [0.15, 0.2) is 0 Å². The van der Waals surface area contributed by atoms with Crippen molar-refractivity contribution in [2.75, 3.05) is 19.1 Å². The summed E-state index contributed by atoms with van der Waals surface area (Å²) >= 11 is 7.24. The van der Waals surface area contributed by atoms with Gasteiger partial charge < -0.3 is 0 Å². The highest BCUT2D eigenvalue weighted by atomic mass is 79.9. The van der Waals surface area contributed by atoms with Crippen molar-refractivity contribution in [1.82, 2.24) is 4.90 Å². The molecular weight excluding hydrogens is 290 g/mol. The average molecular weight is 308 g/mol. The van der Waals surface area contributed by atoms with E-state index in [4.69, 9.17) is 0 Å². The minimum absolute atomic E-state index is 0.665. The number of thiophene rings is 1. The summed E-state index contributed by atoms with van der Waals surface area (Å²) in [6.07, 6.45) is 3.44. The van der Waals surface area contributed by atoms with Gasteiger partial charge in [-0.05, 0) is 54.4 Å². The molecule has 15 heavy (non-hydrogen) atoms. The maximum Gasteiger partial charge on any atom is 0.0328 e. The van der Waals surface area contributed by atoms with Crippen molar-refractivity contribution in [1.29, 1.82) is 0 Å². The van der Waals surface area contributed by atoms with E-state index >= 15 is 0 Å². The molecule has 4 heteroatoms. The average Bonchev–Trinajstić information content (AvgIpc) is 2.60. The highest BCUT2D eigenvalue weighted by Crippen LogP contribution is 2.21. The number of halogens is 1. The van der Waals surface area contributed by atoms with Crippen LogP contribution in [0.25, 0.3) is 0 Å². The third-order valence-corrected chi connectivity index (χ3v) is 4.85. The SMILES string of the molecule is CSCCC(C)N(C)Cc1cc(Br)cs1. The molecule has 1 aromatic heterocycles. The Morgan fingerprint density at radius 1 is 1.60 bits per heavy atom. The third kappa shape index (κ3) is 4.89. The summed E-state index contributed by atoms with van der Waals surface area (Å²) in [5.41, 5.74) is 0. The monoisotopic (exact) mass is 307 g/mol. The van der Waals surface area contributed by atoms with Crippen LogP contribution in [0, 0.1) is 0 Å². The lowest BCUT2D eigenvalue weighted by atomic mass is 10.2. The van der Waals surface area contributed by atoms with Crippen LogP contribution >= 0.6 is 39.0 Å². The molecule has 0 aliphatic carbocycles. The van der Waals surface area contributed by atoms with Gasteiger partial charge in [-0.25, -0.2) is 0 Å². The molecule has 1 heterocycles. The molecule has 1 nitrogen and oxygen atoms in total. The van der Waals surface area contributed by atoms with Crippen LogP contribution in [0.15, 0.2) is 15.9 Å². The molecule has 1 unspecified atom stereocenters. The van der Waals surface area contributed by atoms with Crippen LogP contribution in [-0.4, -0.2) is 30.0 Å². The summed E-state index contributed by atoms with van der Waals surface area (Å²) in [6.45, 7) is 3.37. The second-order valence-electron chi connectivity index (χ2n) is 3.78. The van der Waals surface area contributed by atoms with Gasteiger partial charge in [0.05, 0.1) is 0 Å². The zero-order valence-corrected chi connectivity index (χ0v) is 12.7. The van der Waals surface area contributed by atoms with Crippen LogP contribution in [0.4, 0.5) is 0 Å². The third-order valence-electron chi connectivity index (χ3n) is 2.52. The fraction of sp³-hybridized carbons (Fsp3) is 0.636. The van der Waals surface area contributed by atoms with E-state index < -0.39 is 0 Å². The van der Waals surface area contributed by atoms with Crippen molar-refractivity contribution in [3.05, 3.63) is 20.8 Å². The molecule has 0 saturated heterocycles. The number of thioether (sulfide) groups is 1. The van der Waals surface area contributed by atoms with E-state index in [2.05, 4.69) is 52.5 Å². The highest BCUT2D eigenvalue weighted by Gasteiger charge is 2.10. The largest absolute Gasteiger partial charge is 0.299 e. The van der Waals surface area contributed by atoms with Crippen LogP contribution in [0.3, 0.4) is 0 Å². The molecule has 0 saturated carbocycles. The van der Waals surface area contributed by atoms with Crippen molar-refractivity contribution in [2.45, 2.75) is 25.9 Å². The molecule has 1 rings (SSSR count).